The third-order valence-electron chi connectivity index (χ3n) is 4.34. The quantitative estimate of drug-likeness (QED) is 0.704. The highest BCUT2D eigenvalue weighted by molar-refractivity contribution is 6.30. The molecule has 0 atom stereocenters. The average molecular weight is 431 g/mol. The molecular weight excluding hydrogens is 411 g/mol. The Bertz CT molecular complexity index is 965. The van der Waals surface area contributed by atoms with Crippen LogP contribution in [-0.2, 0) is 11.2 Å². The number of carboxylic acid groups (broad SMARTS) is 1. The number of carbonyl (C=O) groups excluding carboxylic acids is 1. The number of pyridine rings is 1. The summed E-state index contributed by atoms with van der Waals surface area (Å²) in [5.74, 6) is -0.346. The number of rotatable bonds is 3. The van der Waals surface area contributed by atoms with Gasteiger partial charge < -0.3 is 15.3 Å². The van der Waals surface area contributed by atoms with E-state index < -0.39 is 0 Å². The molecule has 0 bridgehead atoms. The SMILES string of the molecule is N#CCc1cc(NC(=O)N2CCC(=Cc3ccc(Cl)cc3F)CC2)ccn1.O=CO. The van der Waals surface area contributed by atoms with Gasteiger partial charge in [0.2, 0.25) is 0 Å². The molecule has 2 heterocycles. The molecular formula is C21H20ClFN4O3. The zero-order valence-corrected chi connectivity index (χ0v) is 16.8. The second-order valence-electron chi connectivity index (χ2n) is 6.36. The third kappa shape index (κ3) is 6.87. The highest BCUT2D eigenvalue weighted by Crippen LogP contribution is 2.23. The van der Waals surface area contributed by atoms with Crippen molar-refractivity contribution in [1.82, 2.24) is 9.88 Å². The van der Waals surface area contributed by atoms with E-state index in [4.69, 9.17) is 26.8 Å². The Balaban J connectivity index is 0.00000101. The van der Waals surface area contributed by atoms with Gasteiger partial charge in [0.05, 0.1) is 18.2 Å². The fraction of sp³-hybridized carbons (Fsp3) is 0.238. The number of urea groups is 1. The molecule has 1 aliphatic rings. The fourth-order valence-electron chi connectivity index (χ4n) is 2.92. The minimum Gasteiger partial charge on any atom is -0.483 e. The van der Waals surface area contributed by atoms with Crippen molar-refractivity contribution in [2.24, 2.45) is 0 Å². The Kier molecular flexibility index (Phi) is 8.78. The number of hydrogen-bond acceptors (Lipinski definition) is 4. The molecule has 1 aromatic carbocycles. The maximum Gasteiger partial charge on any atom is 0.321 e. The Labute approximate surface area is 178 Å². The van der Waals surface area contributed by atoms with Gasteiger partial charge in [-0.1, -0.05) is 29.3 Å². The number of likely N-dealkylation sites (tertiary alicyclic amines) is 1. The average Bonchev–Trinajstić information content (AvgIpc) is 2.72. The number of halogens is 2. The number of hydrogen-bond donors (Lipinski definition) is 2. The van der Waals surface area contributed by atoms with Gasteiger partial charge in [0.25, 0.3) is 6.47 Å². The van der Waals surface area contributed by atoms with Crippen molar-refractivity contribution in [3.05, 3.63) is 64.2 Å². The number of carbonyl (C=O) groups is 2. The molecule has 2 N–H and O–H groups in total. The molecule has 1 aromatic heterocycles. The number of nitrogens with zero attached hydrogens (tertiary/aromatic N) is 3. The summed E-state index contributed by atoms with van der Waals surface area (Å²) in [7, 11) is 0. The predicted molar refractivity (Wildman–Crippen MR) is 111 cm³/mol. The normalized spacial score (nSPS) is 12.8. The van der Waals surface area contributed by atoms with E-state index in [9.17, 15) is 9.18 Å². The van der Waals surface area contributed by atoms with E-state index in [1.54, 1.807) is 35.4 Å². The Morgan fingerprint density at radius 1 is 1.33 bits per heavy atom. The molecule has 2 amide bonds. The van der Waals surface area contributed by atoms with Crippen molar-refractivity contribution in [1.29, 1.82) is 5.26 Å². The van der Waals surface area contributed by atoms with Gasteiger partial charge in [-0.2, -0.15) is 5.26 Å². The van der Waals surface area contributed by atoms with E-state index in [-0.39, 0.29) is 24.7 Å². The minimum atomic E-state index is -0.346. The van der Waals surface area contributed by atoms with E-state index in [1.165, 1.54) is 6.07 Å². The molecule has 0 saturated carbocycles. The molecule has 9 heteroatoms. The number of anilines is 1. The number of aromatic nitrogens is 1. The van der Waals surface area contributed by atoms with Crippen LogP contribution in [0.3, 0.4) is 0 Å². The lowest BCUT2D eigenvalue weighted by Crippen LogP contribution is -2.39. The highest BCUT2D eigenvalue weighted by atomic mass is 35.5. The van der Waals surface area contributed by atoms with Crippen LogP contribution >= 0.6 is 11.6 Å². The van der Waals surface area contributed by atoms with Crippen LogP contribution in [0, 0.1) is 17.1 Å². The summed E-state index contributed by atoms with van der Waals surface area (Å²) in [5.41, 5.74) is 2.84. The second kappa shape index (κ2) is 11.5. The van der Waals surface area contributed by atoms with Crippen LogP contribution < -0.4 is 5.32 Å². The van der Waals surface area contributed by atoms with E-state index in [0.717, 1.165) is 5.57 Å². The summed E-state index contributed by atoms with van der Waals surface area (Å²) in [5, 5.41) is 18.8. The molecule has 0 spiro atoms. The first-order valence-electron chi connectivity index (χ1n) is 9.07. The van der Waals surface area contributed by atoms with E-state index in [2.05, 4.69) is 10.3 Å². The summed E-state index contributed by atoms with van der Waals surface area (Å²) < 4.78 is 13.9. The van der Waals surface area contributed by atoms with Gasteiger partial charge in [0.1, 0.15) is 5.82 Å². The second-order valence-corrected chi connectivity index (χ2v) is 6.80. The van der Waals surface area contributed by atoms with Crippen LogP contribution in [0.1, 0.15) is 24.1 Å². The van der Waals surface area contributed by atoms with Gasteiger partial charge in [-0.25, -0.2) is 9.18 Å². The van der Waals surface area contributed by atoms with Crippen LogP contribution in [0.5, 0.6) is 0 Å². The smallest absolute Gasteiger partial charge is 0.321 e. The molecule has 1 aliphatic heterocycles. The molecule has 7 nitrogen and oxygen atoms in total. The molecule has 3 rings (SSSR count). The van der Waals surface area contributed by atoms with Crippen molar-refractivity contribution >= 4 is 35.9 Å². The Hall–Kier alpha value is -3.44. The fourth-order valence-corrected chi connectivity index (χ4v) is 3.07. The Morgan fingerprint density at radius 2 is 2.03 bits per heavy atom. The number of nitrogens with one attached hydrogen (secondary N) is 1. The van der Waals surface area contributed by atoms with Crippen LogP contribution in [0.4, 0.5) is 14.9 Å². The van der Waals surface area contributed by atoms with E-state index in [0.29, 0.717) is 47.9 Å². The number of piperidine rings is 1. The number of nitriles is 1. The van der Waals surface area contributed by atoms with Gasteiger partial charge in [0, 0.05) is 35.6 Å². The monoisotopic (exact) mass is 430 g/mol. The zero-order chi connectivity index (χ0) is 21.9. The van der Waals surface area contributed by atoms with Crippen molar-refractivity contribution in [2.75, 3.05) is 18.4 Å². The molecule has 0 radical (unpaired) electrons. The van der Waals surface area contributed by atoms with Crippen LogP contribution in [0.2, 0.25) is 5.02 Å². The molecule has 30 heavy (non-hydrogen) atoms. The van der Waals surface area contributed by atoms with Gasteiger partial charge >= 0.3 is 6.03 Å². The number of benzene rings is 1. The summed E-state index contributed by atoms with van der Waals surface area (Å²) in [4.78, 5) is 26.6. The lowest BCUT2D eigenvalue weighted by Gasteiger charge is -2.28. The first kappa shape index (κ1) is 22.8. The van der Waals surface area contributed by atoms with Crippen molar-refractivity contribution in [3.8, 4) is 6.07 Å². The lowest BCUT2D eigenvalue weighted by molar-refractivity contribution is -0.122. The molecule has 156 valence electrons. The van der Waals surface area contributed by atoms with Crippen LogP contribution in [0.25, 0.3) is 6.08 Å². The largest absolute Gasteiger partial charge is 0.483 e. The van der Waals surface area contributed by atoms with Gasteiger partial charge in [-0.15, -0.1) is 0 Å². The van der Waals surface area contributed by atoms with Crippen LogP contribution in [-0.4, -0.2) is 40.6 Å². The van der Waals surface area contributed by atoms with E-state index in [1.807, 2.05) is 12.1 Å². The maximum absolute atomic E-state index is 13.9. The first-order chi connectivity index (χ1) is 14.5. The zero-order valence-electron chi connectivity index (χ0n) is 16.0. The molecule has 1 fully saturated rings. The van der Waals surface area contributed by atoms with Gasteiger partial charge in [-0.3, -0.25) is 9.78 Å². The predicted octanol–water partition coefficient (Wildman–Crippen LogP) is 4.35. The van der Waals surface area contributed by atoms with Crippen LogP contribution in [0.15, 0.2) is 42.1 Å². The van der Waals surface area contributed by atoms with Gasteiger partial charge in [-0.05, 0) is 37.1 Å². The summed E-state index contributed by atoms with van der Waals surface area (Å²) >= 11 is 5.78. The Morgan fingerprint density at radius 3 is 2.67 bits per heavy atom. The topological polar surface area (TPSA) is 106 Å². The summed E-state index contributed by atoms with van der Waals surface area (Å²) in [6.45, 7) is 0.867. The molecule has 2 aromatic rings. The highest BCUT2D eigenvalue weighted by Gasteiger charge is 2.19. The third-order valence-corrected chi connectivity index (χ3v) is 4.58. The first-order valence-corrected chi connectivity index (χ1v) is 9.44. The van der Waals surface area contributed by atoms with Crippen molar-refractivity contribution < 1.29 is 19.1 Å². The standard InChI is InChI=1S/C20H18ClFN4O.CH2O2/c21-16-2-1-15(19(22)12-16)11-14-5-9-26(10-6-14)20(27)25-18-4-8-24-17(13-18)3-7-23;2-1-3/h1-2,4,8,11-13H,3,5-6,9-10H2,(H,24,25,27);1H,(H,2,3). The van der Waals surface area contributed by atoms with E-state index >= 15 is 0 Å². The van der Waals surface area contributed by atoms with Crippen molar-refractivity contribution in [2.45, 2.75) is 19.3 Å². The van der Waals surface area contributed by atoms with Crippen molar-refractivity contribution in [3.63, 3.8) is 0 Å². The molecule has 0 unspecified atom stereocenters. The molecule has 1 saturated heterocycles. The summed E-state index contributed by atoms with van der Waals surface area (Å²) in [6, 6.07) is 9.84. The molecule has 0 aliphatic carbocycles. The maximum atomic E-state index is 13.9. The number of amides is 2. The lowest BCUT2D eigenvalue weighted by atomic mass is 10.0. The minimum absolute atomic E-state index is 0.194. The van der Waals surface area contributed by atoms with Gasteiger partial charge in [0.15, 0.2) is 0 Å². The summed E-state index contributed by atoms with van der Waals surface area (Å²) in [6.07, 6.45) is 4.97.